The minimum Gasteiger partial charge on any atom is -0.325 e. The number of rotatable bonds is 5. The van der Waals surface area contributed by atoms with Crippen LogP contribution in [0.25, 0.3) is 10.2 Å². The zero-order chi connectivity index (χ0) is 21.4. The van der Waals surface area contributed by atoms with Crippen LogP contribution in [0.5, 0.6) is 0 Å². The molecule has 1 aromatic carbocycles. The Morgan fingerprint density at radius 2 is 2.17 bits per heavy atom. The van der Waals surface area contributed by atoms with Gasteiger partial charge in [-0.15, -0.1) is 11.3 Å². The van der Waals surface area contributed by atoms with Crippen molar-refractivity contribution in [2.24, 2.45) is 5.92 Å². The molecule has 0 saturated heterocycles. The average molecular weight is 442 g/mol. The highest BCUT2D eigenvalue weighted by Crippen LogP contribution is 2.37. The second-order valence-electron chi connectivity index (χ2n) is 8.04. The Bertz CT molecular complexity index is 1170. The number of para-hydroxylation sites is 1. The number of carbonyl (C=O) groups is 1. The summed E-state index contributed by atoms with van der Waals surface area (Å²) in [4.78, 5) is 33.0. The molecule has 1 aliphatic rings. The van der Waals surface area contributed by atoms with Crippen LogP contribution in [0.15, 0.2) is 34.2 Å². The summed E-state index contributed by atoms with van der Waals surface area (Å²) in [6.45, 7) is 8.59. The highest BCUT2D eigenvalue weighted by molar-refractivity contribution is 8.00. The van der Waals surface area contributed by atoms with E-state index in [-0.39, 0.29) is 16.7 Å². The number of anilines is 1. The van der Waals surface area contributed by atoms with E-state index in [1.54, 1.807) is 15.9 Å². The molecule has 1 amide bonds. The van der Waals surface area contributed by atoms with Crippen LogP contribution in [0, 0.1) is 12.8 Å². The molecular formula is C23H27N3O2S2. The summed E-state index contributed by atoms with van der Waals surface area (Å²) < 4.78 is 1.72. The van der Waals surface area contributed by atoms with Gasteiger partial charge in [-0.25, -0.2) is 4.98 Å². The van der Waals surface area contributed by atoms with Gasteiger partial charge in [0.15, 0.2) is 5.16 Å². The van der Waals surface area contributed by atoms with E-state index in [4.69, 9.17) is 4.98 Å². The molecule has 0 spiro atoms. The van der Waals surface area contributed by atoms with E-state index in [9.17, 15) is 9.59 Å². The SMILES string of the molecule is CCn1c(SC(C)C(=O)Nc2ccccc2C)nc2sc3c(c2c1=O)CCC(C)C3. The maximum Gasteiger partial charge on any atom is 0.263 e. The minimum absolute atomic E-state index is 0.0311. The van der Waals surface area contributed by atoms with Gasteiger partial charge in [0.25, 0.3) is 5.56 Å². The van der Waals surface area contributed by atoms with Crippen molar-refractivity contribution in [3.63, 3.8) is 0 Å². The Morgan fingerprint density at radius 3 is 2.90 bits per heavy atom. The highest BCUT2D eigenvalue weighted by Gasteiger charge is 2.26. The number of carbonyl (C=O) groups excluding carboxylic acids is 1. The van der Waals surface area contributed by atoms with Crippen LogP contribution >= 0.6 is 23.1 Å². The number of aromatic nitrogens is 2. The van der Waals surface area contributed by atoms with Crippen LogP contribution in [0.3, 0.4) is 0 Å². The number of thiophene rings is 1. The average Bonchev–Trinajstić information content (AvgIpc) is 3.07. The van der Waals surface area contributed by atoms with Crippen molar-refractivity contribution in [1.82, 2.24) is 9.55 Å². The van der Waals surface area contributed by atoms with Crippen molar-refractivity contribution in [2.45, 2.75) is 63.9 Å². The van der Waals surface area contributed by atoms with Crippen LogP contribution in [-0.2, 0) is 24.2 Å². The molecule has 4 rings (SSSR count). The number of aryl methyl sites for hydroxylation is 2. The maximum atomic E-state index is 13.3. The lowest BCUT2D eigenvalue weighted by Gasteiger charge is -2.18. The van der Waals surface area contributed by atoms with Crippen molar-refractivity contribution < 1.29 is 4.79 Å². The van der Waals surface area contributed by atoms with Gasteiger partial charge in [0.05, 0.1) is 10.6 Å². The minimum atomic E-state index is -0.374. The number of hydrogen-bond donors (Lipinski definition) is 1. The van der Waals surface area contributed by atoms with E-state index in [2.05, 4.69) is 12.2 Å². The zero-order valence-electron chi connectivity index (χ0n) is 17.8. The molecule has 1 N–H and O–H groups in total. The smallest absolute Gasteiger partial charge is 0.263 e. The molecule has 30 heavy (non-hydrogen) atoms. The van der Waals surface area contributed by atoms with Crippen LogP contribution in [0.2, 0.25) is 0 Å². The first kappa shape index (κ1) is 21.1. The number of benzene rings is 1. The Kier molecular flexibility index (Phi) is 6.02. The molecule has 1 aliphatic carbocycles. The molecule has 0 radical (unpaired) electrons. The standard InChI is InChI=1S/C23H27N3O2S2/c1-5-26-22(28)19-16-11-10-13(2)12-18(16)30-21(19)25-23(26)29-15(4)20(27)24-17-9-7-6-8-14(17)3/h6-9,13,15H,5,10-12H2,1-4H3,(H,24,27). The van der Waals surface area contributed by atoms with E-state index in [1.807, 2.05) is 45.0 Å². The quantitative estimate of drug-likeness (QED) is 0.445. The summed E-state index contributed by atoms with van der Waals surface area (Å²) >= 11 is 3.00. The Morgan fingerprint density at radius 1 is 1.40 bits per heavy atom. The van der Waals surface area contributed by atoms with Crippen LogP contribution in [-0.4, -0.2) is 20.7 Å². The van der Waals surface area contributed by atoms with E-state index in [1.165, 1.54) is 22.2 Å². The molecular weight excluding hydrogens is 414 g/mol. The van der Waals surface area contributed by atoms with Gasteiger partial charge >= 0.3 is 0 Å². The van der Waals surface area contributed by atoms with E-state index < -0.39 is 0 Å². The second-order valence-corrected chi connectivity index (χ2v) is 10.4. The summed E-state index contributed by atoms with van der Waals surface area (Å²) in [5.41, 5.74) is 3.07. The number of amides is 1. The molecule has 0 aliphatic heterocycles. The summed E-state index contributed by atoms with van der Waals surface area (Å²) in [6.07, 6.45) is 3.11. The predicted molar refractivity (Wildman–Crippen MR) is 126 cm³/mol. The fourth-order valence-corrected chi connectivity index (χ4v) is 6.33. The van der Waals surface area contributed by atoms with Crippen molar-refractivity contribution in [3.8, 4) is 0 Å². The zero-order valence-corrected chi connectivity index (χ0v) is 19.5. The van der Waals surface area contributed by atoms with Crippen molar-refractivity contribution >= 4 is 44.9 Å². The Labute approximate surface area is 184 Å². The number of hydrogen-bond acceptors (Lipinski definition) is 5. The number of nitrogens with one attached hydrogen (secondary N) is 1. The molecule has 0 fully saturated rings. The third kappa shape index (κ3) is 3.93. The van der Waals surface area contributed by atoms with E-state index >= 15 is 0 Å². The first-order valence-corrected chi connectivity index (χ1v) is 12.2. The lowest BCUT2D eigenvalue weighted by molar-refractivity contribution is -0.115. The van der Waals surface area contributed by atoms with Crippen LogP contribution in [0.4, 0.5) is 5.69 Å². The molecule has 0 saturated carbocycles. The third-order valence-electron chi connectivity index (χ3n) is 5.75. The second kappa shape index (κ2) is 8.55. The summed E-state index contributed by atoms with van der Waals surface area (Å²) in [5.74, 6) is 0.559. The number of thioether (sulfide) groups is 1. The summed E-state index contributed by atoms with van der Waals surface area (Å²) in [5, 5.41) is 4.03. The van der Waals surface area contributed by atoms with Gasteiger partial charge in [0.2, 0.25) is 5.91 Å². The largest absolute Gasteiger partial charge is 0.325 e. The first-order valence-electron chi connectivity index (χ1n) is 10.5. The van der Waals surface area contributed by atoms with E-state index in [0.29, 0.717) is 17.6 Å². The third-order valence-corrected chi connectivity index (χ3v) is 7.99. The van der Waals surface area contributed by atoms with Crippen LogP contribution in [0.1, 0.15) is 43.2 Å². The van der Waals surface area contributed by atoms with Crippen molar-refractivity contribution in [3.05, 3.63) is 50.6 Å². The Balaban J connectivity index is 1.64. The molecule has 7 heteroatoms. The molecule has 158 valence electrons. The van der Waals surface area contributed by atoms with Gasteiger partial charge in [-0.1, -0.05) is 36.9 Å². The maximum absolute atomic E-state index is 13.3. The Hall–Kier alpha value is -2.12. The van der Waals surface area contributed by atoms with Gasteiger partial charge < -0.3 is 5.32 Å². The van der Waals surface area contributed by atoms with Gasteiger partial charge in [-0.3, -0.25) is 14.2 Å². The topological polar surface area (TPSA) is 64.0 Å². The molecule has 2 aromatic heterocycles. The lowest BCUT2D eigenvalue weighted by atomic mass is 9.89. The monoisotopic (exact) mass is 441 g/mol. The first-order chi connectivity index (χ1) is 14.4. The molecule has 2 unspecified atom stereocenters. The predicted octanol–water partition coefficient (Wildman–Crippen LogP) is 5.03. The fraction of sp³-hybridized carbons (Fsp3) is 0.435. The number of fused-ring (bicyclic) bond motifs is 3. The van der Waals surface area contributed by atoms with Gasteiger partial charge in [-0.05, 0) is 63.1 Å². The molecule has 2 atom stereocenters. The summed E-state index contributed by atoms with van der Waals surface area (Å²) in [6, 6.07) is 7.72. The van der Waals surface area contributed by atoms with Crippen molar-refractivity contribution in [1.29, 1.82) is 0 Å². The van der Waals surface area contributed by atoms with E-state index in [0.717, 1.165) is 40.7 Å². The van der Waals surface area contributed by atoms with Gasteiger partial charge in [0.1, 0.15) is 4.83 Å². The van der Waals surface area contributed by atoms with Crippen LogP contribution < -0.4 is 10.9 Å². The molecule has 2 heterocycles. The normalized spacial score (nSPS) is 17.0. The lowest BCUT2D eigenvalue weighted by Crippen LogP contribution is -2.27. The summed E-state index contributed by atoms with van der Waals surface area (Å²) in [7, 11) is 0. The molecule has 0 bridgehead atoms. The molecule has 3 aromatic rings. The van der Waals surface area contributed by atoms with Gasteiger partial charge in [0, 0.05) is 17.1 Å². The fourth-order valence-electron chi connectivity index (χ4n) is 3.93. The highest BCUT2D eigenvalue weighted by atomic mass is 32.2. The van der Waals surface area contributed by atoms with Crippen molar-refractivity contribution in [2.75, 3.05) is 5.32 Å². The number of nitrogens with zero attached hydrogens (tertiary/aromatic N) is 2. The molecule has 5 nitrogen and oxygen atoms in total. The van der Waals surface area contributed by atoms with Gasteiger partial charge in [-0.2, -0.15) is 0 Å².